The van der Waals surface area contributed by atoms with E-state index in [2.05, 4.69) is 43.0 Å². The van der Waals surface area contributed by atoms with Crippen molar-refractivity contribution in [2.75, 3.05) is 13.1 Å². The molecule has 0 bridgehead atoms. The molecule has 1 aliphatic rings. The lowest BCUT2D eigenvalue weighted by Gasteiger charge is -2.51. The molecular weight excluding hydrogens is 212 g/mol. The summed E-state index contributed by atoms with van der Waals surface area (Å²) in [5, 5.41) is 13.4. The Morgan fingerprint density at radius 3 is 2.71 bits per heavy atom. The Morgan fingerprint density at radius 2 is 2.24 bits per heavy atom. The predicted octanol–water partition coefficient (Wildman–Crippen LogP) is 1.78. The van der Waals surface area contributed by atoms with Gasteiger partial charge in [-0.15, -0.1) is 0 Å². The first kappa shape index (κ1) is 12.1. The van der Waals surface area contributed by atoms with Crippen molar-refractivity contribution in [2.24, 2.45) is 0 Å². The molecule has 2 heterocycles. The van der Waals surface area contributed by atoms with E-state index in [1.807, 2.05) is 10.9 Å². The topological polar surface area (TPSA) is 44.9 Å². The highest BCUT2D eigenvalue weighted by atomic mass is 15.4. The lowest BCUT2D eigenvalue weighted by atomic mass is 9.86. The summed E-state index contributed by atoms with van der Waals surface area (Å²) < 4.78 is 2.01. The van der Waals surface area contributed by atoms with Gasteiger partial charge in [-0.05, 0) is 25.8 Å². The van der Waals surface area contributed by atoms with Gasteiger partial charge in [0.2, 0.25) is 0 Å². The molecule has 0 spiro atoms. The van der Waals surface area contributed by atoms with Gasteiger partial charge < -0.3 is 0 Å². The third-order valence-corrected chi connectivity index (χ3v) is 3.66. The smallest absolute Gasteiger partial charge is 0.101 e. The Kier molecular flexibility index (Phi) is 3.21. The molecule has 4 heteroatoms. The first-order valence-electron chi connectivity index (χ1n) is 6.26. The van der Waals surface area contributed by atoms with E-state index in [4.69, 9.17) is 5.26 Å². The summed E-state index contributed by atoms with van der Waals surface area (Å²) in [5.74, 6) is 0. The van der Waals surface area contributed by atoms with Crippen LogP contribution in [0.5, 0.6) is 0 Å². The monoisotopic (exact) mass is 232 g/mol. The summed E-state index contributed by atoms with van der Waals surface area (Å²) in [4.78, 5) is 2.38. The molecule has 4 nitrogen and oxygen atoms in total. The maximum Gasteiger partial charge on any atom is 0.101 e. The van der Waals surface area contributed by atoms with Gasteiger partial charge in [-0.25, -0.2) is 0 Å². The maximum atomic E-state index is 9.01. The van der Waals surface area contributed by atoms with E-state index in [0.29, 0.717) is 12.5 Å². The second-order valence-electron chi connectivity index (χ2n) is 5.20. The maximum absolute atomic E-state index is 9.01. The zero-order valence-corrected chi connectivity index (χ0v) is 10.8. The van der Waals surface area contributed by atoms with Gasteiger partial charge in [0.25, 0.3) is 0 Å². The number of nitrogens with zero attached hydrogens (tertiary/aromatic N) is 4. The van der Waals surface area contributed by atoms with E-state index in [0.717, 1.165) is 19.5 Å². The zero-order chi connectivity index (χ0) is 12.5. The van der Waals surface area contributed by atoms with Crippen molar-refractivity contribution in [3.63, 3.8) is 0 Å². The zero-order valence-electron chi connectivity index (χ0n) is 10.8. The Hall–Kier alpha value is -1.34. The van der Waals surface area contributed by atoms with Crippen molar-refractivity contribution in [1.82, 2.24) is 14.7 Å². The van der Waals surface area contributed by atoms with Crippen LogP contribution in [0.3, 0.4) is 0 Å². The van der Waals surface area contributed by atoms with Gasteiger partial charge in [0, 0.05) is 25.3 Å². The minimum Gasteiger partial charge on any atom is -0.296 e. The normalized spacial score (nSPS) is 19.0. The van der Waals surface area contributed by atoms with Gasteiger partial charge in [-0.2, -0.15) is 10.4 Å². The molecule has 1 aromatic rings. The fourth-order valence-corrected chi connectivity index (χ4v) is 2.36. The van der Waals surface area contributed by atoms with Crippen molar-refractivity contribution >= 4 is 0 Å². The van der Waals surface area contributed by atoms with Crippen molar-refractivity contribution in [3.05, 3.63) is 18.0 Å². The number of rotatable bonds is 4. The number of aromatic nitrogens is 2. The molecule has 1 aliphatic heterocycles. The largest absolute Gasteiger partial charge is 0.296 e. The van der Waals surface area contributed by atoms with Crippen LogP contribution in [0.25, 0.3) is 0 Å². The van der Waals surface area contributed by atoms with E-state index < -0.39 is 0 Å². The molecule has 0 N–H and O–H groups in total. The molecule has 0 atom stereocenters. The minimum absolute atomic E-state index is 0.0908. The molecule has 1 aromatic heterocycles. The van der Waals surface area contributed by atoms with Gasteiger partial charge in [0.15, 0.2) is 0 Å². The highest BCUT2D eigenvalue weighted by molar-refractivity contribution is 5.11. The first-order valence-corrected chi connectivity index (χ1v) is 6.26. The van der Waals surface area contributed by atoms with Crippen LogP contribution < -0.4 is 0 Å². The van der Waals surface area contributed by atoms with Crippen LogP contribution in [0.15, 0.2) is 12.4 Å². The molecule has 1 fully saturated rings. The minimum atomic E-state index is -0.0908. The van der Waals surface area contributed by atoms with Crippen LogP contribution in [0.1, 0.15) is 32.8 Å². The summed E-state index contributed by atoms with van der Waals surface area (Å²) in [5.41, 5.74) is 1.15. The molecule has 2 rings (SSSR count). The van der Waals surface area contributed by atoms with Crippen molar-refractivity contribution < 1.29 is 0 Å². The molecule has 17 heavy (non-hydrogen) atoms. The summed E-state index contributed by atoms with van der Waals surface area (Å²) in [7, 11) is 0. The first-order chi connectivity index (χ1) is 8.11. The van der Waals surface area contributed by atoms with Crippen molar-refractivity contribution in [1.29, 1.82) is 5.26 Å². The molecule has 1 saturated heterocycles. The van der Waals surface area contributed by atoms with E-state index in [1.54, 1.807) is 0 Å². The van der Waals surface area contributed by atoms with Crippen LogP contribution in [-0.2, 0) is 12.0 Å². The van der Waals surface area contributed by atoms with E-state index in [1.165, 1.54) is 5.56 Å². The molecule has 92 valence electrons. The molecule has 0 unspecified atom stereocenters. The van der Waals surface area contributed by atoms with Crippen molar-refractivity contribution in [2.45, 2.75) is 45.2 Å². The quantitative estimate of drug-likeness (QED) is 0.795. The molecule has 0 saturated carbocycles. The highest BCUT2D eigenvalue weighted by Crippen LogP contribution is 2.33. The summed E-state index contributed by atoms with van der Waals surface area (Å²) >= 11 is 0. The van der Waals surface area contributed by atoms with Crippen LogP contribution in [-0.4, -0.2) is 33.8 Å². The molecule has 0 aromatic carbocycles. The average Bonchev–Trinajstić information content (AvgIpc) is 2.71. The lowest BCUT2D eigenvalue weighted by Crippen LogP contribution is -2.64. The van der Waals surface area contributed by atoms with Gasteiger partial charge >= 0.3 is 0 Å². The SMILES string of the molecule is CCc1cnn(C2(CC#N)CN(C(C)C)C2)c1. The molecular formula is C13H20N4. The van der Waals surface area contributed by atoms with E-state index in [-0.39, 0.29) is 5.54 Å². The van der Waals surface area contributed by atoms with E-state index >= 15 is 0 Å². The fourth-order valence-electron chi connectivity index (χ4n) is 2.36. The number of hydrogen-bond donors (Lipinski definition) is 0. The average molecular weight is 232 g/mol. The number of nitriles is 1. The third kappa shape index (κ3) is 2.07. The Labute approximate surface area is 103 Å². The Bertz CT molecular complexity index is 421. The fraction of sp³-hybridized carbons (Fsp3) is 0.692. The Balaban J connectivity index is 2.17. The van der Waals surface area contributed by atoms with Gasteiger partial charge in [-0.1, -0.05) is 6.92 Å². The molecule has 0 radical (unpaired) electrons. The second-order valence-corrected chi connectivity index (χ2v) is 5.20. The standard InChI is InChI=1S/C13H20N4/c1-4-12-7-15-17(8-12)13(5-6-14)9-16(10-13)11(2)3/h7-8,11H,4-5,9-10H2,1-3H3. The van der Waals surface area contributed by atoms with Crippen molar-refractivity contribution in [3.8, 4) is 6.07 Å². The Morgan fingerprint density at radius 1 is 1.53 bits per heavy atom. The number of hydrogen-bond acceptors (Lipinski definition) is 3. The van der Waals surface area contributed by atoms with Crippen LogP contribution in [0.2, 0.25) is 0 Å². The van der Waals surface area contributed by atoms with E-state index in [9.17, 15) is 0 Å². The second kappa shape index (κ2) is 4.50. The van der Waals surface area contributed by atoms with Gasteiger partial charge in [0.1, 0.15) is 5.54 Å². The van der Waals surface area contributed by atoms with Gasteiger partial charge in [-0.3, -0.25) is 9.58 Å². The van der Waals surface area contributed by atoms with Crippen LogP contribution in [0, 0.1) is 11.3 Å². The lowest BCUT2D eigenvalue weighted by molar-refractivity contribution is -0.0165. The van der Waals surface area contributed by atoms with Crippen LogP contribution in [0.4, 0.5) is 0 Å². The van der Waals surface area contributed by atoms with Gasteiger partial charge in [0.05, 0.1) is 18.7 Å². The summed E-state index contributed by atoms with van der Waals surface area (Å²) in [6.07, 6.45) is 5.55. The number of aryl methyl sites for hydroxylation is 1. The van der Waals surface area contributed by atoms with Crippen LogP contribution >= 0.6 is 0 Å². The number of likely N-dealkylation sites (tertiary alicyclic amines) is 1. The highest BCUT2D eigenvalue weighted by Gasteiger charge is 2.46. The third-order valence-electron chi connectivity index (χ3n) is 3.66. The summed E-state index contributed by atoms with van der Waals surface area (Å²) in [6.45, 7) is 8.37. The molecule has 0 aliphatic carbocycles. The predicted molar refractivity (Wildman–Crippen MR) is 66.5 cm³/mol. The summed E-state index contributed by atoms with van der Waals surface area (Å²) in [6, 6.07) is 2.85. The molecule has 0 amide bonds.